The second kappa shape index (κ2) is 12.6. The van der Waals surface area contributed by atoms with Crippen molar-refractivity contribution >= 4 is 22.7 Å². The predicted octanol–water partition coefficient (Wildman–Crippen LogP) is 7.15. The lowest BCUT2D eigenvalue weighted by atomic mass is 9.88. The molecule has 1 fully saturated rings. The number of piperidine rings is 1. The molecule has 0 aromatic heterocycles. The van der Waals surface area contributed by atoms with Crippen molar-refractivity contribution in [3.8, 4) is 11.5 Å². The van der Waals surface area contributed by atoms with Crippen molar-refractivity contribution in [3.05, 3.63) is 95.6 Å². The summed E-state index contributed by atoms with van der Waals surface area (Å²) in [5.41, 5.74) is 5.84. The summed E-state index contributed by atoms with van der Waals surface area (Å²) >= 11 is 6.30. The van der Waals surface area contributed by atoms with Crippen molar-refractivity contribution < 1.29 is 9.47 Å². The third-order valence-electron chi connectivity index (χ3n) is 6.39. The van der Waals surface area contributed by atoms with Gasteiger partial charge in [0, 0.05) is 12.4 Å². The summed E-state index contributed by atoms with van der Waals surface area (Å²) in [4.78, 5) is 2.50. The number of hydrogen-bond donors (Lipinski definition) is 0. The Morgan fingerprint density at radius 3 is 2.21 bits per heavy atom. The molecule has 3 aromatic carbocycles. The van der Waals surface area contributed by atoms with Crippen LogP contribution in [0.15, 0.2) is 78.9 Å². The van der Waals surface area contributed by atoms with Crippen LogP contribution in [0.3, 0.4) is 0 Å². The van der Waals surface area contributed by atoms with E-state index in [-0.39, 0.29) is 0 Å². The molecule has 0 amide bonds. The van der Waals surface area contributed by atoms with Gasteiger partial charge in [-0.3, -0.25) is 4.90 Å². The van der Waals surface area contributed by atoms with Gasteiger partial charge in [-0.05, 0) is 84.5 Å². The van der Waals surface area contributed by atoms with Crippen molar-refractivity contribution in [1.29, 1.82) is 0 Å². The largest absolute Gasteiger partial charge is 0.497 e. The molecule has 34 heavy (non-hydrogen) atoms. The zero-order valence-electron chi connectivity index (χ0n) is 20.0. The van der Waals surface area contributed by atoms with E-state index in [2.05, 4.69) is 65.6 Å². The van der Waals surface area contributed by atoms with E-state index in [0.29, 0.717) is 5.88 Å². The molecule has 3 aromatic rings. The van der Waals surface area contributed by atoms with E-state index in [4.69, 9.17) is 21.1 Å². The third-order valence-corrected chi connectivity index (χ3v) is 6.58. The van der Waals surface area contributed by atoms with Crippen LogP contribution in [0.2, 0.25) is 0 Å². The van der Waals surface area contributed by atoms with Gasteiger partial charge in [0.05, 0.1) is 7.11 Å². The van der Waals surface area contributed by atoms with E-state index >= 15 is 0 Å². The molecule has 0 atom stereocenters. The topological polar surface area (TPSA) is 21.7 Å². The van der Waals surface area contributed by atoms with Gasteiger partial charge < -0.3 is 9.47 Å². The second-order valence-corrected chi connectivity index (χ2v) is 9.04. The molecule has 0 aliphatic carbocycles. The van der Waals surface area contributed by atoms with Crippen molar-refractivity contribution in [2.24, 2.45) is 0 Å². The van der Waals surface area contributed by atoms with Gasteiger partial charge in [0.15, 0.2) is 0 Å². The minimum Gasteiger partial charge on any atom is -0.497 e. The fourth-order valence-corrected chi connectivity index (χ4v) is 4.82. The Bertz CT molecular complexity index is 1060. The summed E-state index contributed by atoms with van der Waals surface area (Å²) < 4.78 is 11.6. The minimum absolute atomic E-state index is 0.542. The highest BCUT2D eigenvalue weighted by Gasteiger charge is 2.15. The highest BCUT2D eigenvalue weighted by molar-refractivity contribution is 6.18. The first-order valence-electron chi connectivity index (χ1n) is 12.2. The maximum atomic E-state index is 6.30. The van der Waals surface area contributed by atoms with Gasteiger partial charge >= 0.3 is 0 Å². The Kier molecular flexibility index (Phi) is 9.06. The van der Waals surface area contributed by atoms with Crippen molar-refractivity contribution in [3.63, 3.8) is 0 Å². The highest BCUT2D eigenvalue weighted by atomic mass is 35.5. The van der Waals surface area contributed by atoms with E-state index in [1.165, 1.54) is 49.1 Å². The normalized spacial score (nSPS) is 15.0. The number of alkyl halides is 1. The Labute approximate surface area is 209 Å². The van der Waals surface area contributed by atoms with Crippen LogP contribution in [0.5, 0.6) is 11.5 Å². The number of rotatable bonds is 10. The SMILES string of the molecule is COc1cccc(/C(CCCl)=C(/c2ccccc2)c2ccc(OCCN3CCCCC3)cc2)c1. The third kappa shape index (κ3) is 6.43. The maximum absolute atomic E-state index is 6.30. The average molecular weight is 476 g/mol. The Balaban J connectivity index is 1.62. The van der Waals surface area contributed by atoms with Crippen LogP contribution in [0, 0.1) is 0 Å². The van der Waals surface area contributed by atoms with Crippen molar-refractivity contribution in [2.45, 2.75) is 25.7 Å². The molecule has 0 radical (unpaired) electrons. The van der Waals surface area contributed by atoms with E-state index in [1.807, 2.05) is 18.2 Å². The predicted molar refractivity (Wildman–Crippen MR) is 143 cm³/mol. The average Bonchev–Trinajstić information content (AvgIpc) is 2.90. The van der Waals surface area contributed by atoms with Gasteiger partial charge in [-0.25, -0.2) is 0 Å². The van der Waals surface area contributed by atoms with Gasteiger partial charge in [0.2, 0.25) is 0 Å². The zero-order chi connectivity index (χ0) is 23.6. The monoisotopic (exact) mass is 475 g/mol. The van der Waals surface area contributed by atoms with Gasteiger partial charge in [-0.2, -0.15) is 0 Å². The maximum Gasteiger partial charge on any atom is 0.119 e. The van der Waals surface area contributed by atoms with Crippen molar-refractivity contribution in [2.75, 3.05) is 39.2 Å². The molecule has 4 heteroatoms. The summed E-state index contributed by atoms with van der Waals surface area (Å²) in [6, 6.07) is 27.2. The molecular formula is C30H34ClNO2. The Hall–Kier alpha value is -2.75. The number of allylic oxidation sites excluding steroid dienone is 1. The minimum atomic E-state index is 0.542. The summed E-state index contributed by atoms with van der Waals surface area (Å²) in [6.07, 6.45) is 4.73. The van der Waals surface area contributed by atoms with Crippen molar-refractivity contribution in [1.82, 2.24) is 4.90 Å². The fourth-order valence-electron chi connectivity index (χ4n) is 4.63. The molecule has 1 heterocycles. The molecule has 0 saturated carbocycles. The Morgan fingerprint density at radius 1 is 0.794 bits per heavy atom. The molecule has 1 aliphatic rings. The first-order valence-corrected chi connectivity index (χ1v) is 12.8. The number of ether oxygens (including phenoxy) is 2. The quantitative estimate of drug-likeness (QED) is 0.229. The molecule has 1 aliphatic heterocycles. The van der Waals surface area contributed by atoms with Crippen LogP contribution in [-0.4, -0.2) is 44.1 Å². The number of methoxy groups -OCH3 is 1. The first kappa shape index (κ1) is 24.4. The molecule has 1 saturated heterocycles. The molecule has 3 nitrogen and oxygen atoms in total. The van der Waals surface area contributed by atoms with Crippen LogP contribution >= 0.6 is 11.6 Å². The molecular weight excluding hydrogens is 442 g/mol. The number of halogens is 1. The molecule has 178 valence electrons. The summed E-state index contributed by atoms with van der Waals surface area (Å²) in [5.74, 6) is 2.29. The molecule has 0 spiro atoms. The lowest BCUT2D eigenvalue weighted by molar-refractivity contribution is 0.183. The van der Waals surface area contributed by atoms with Gasteiger partial charge in [0.1, 0.15) is 18.1 Å². The fraction of sp³-hybridized carbons (Fsp3) is 0.333. The number of hydrogen-bond acceptors (Lipinski definition) is 3. The smallest absolute Gasteiger partial charge is 0.119 e. The summed E-state index contributed by atoms with van der Waals surface area (Å²) in [7, 11) is 1.70. The van der Waals surface area contributed by atoms with E-state index in [1.54, 1.807) is 7.11 Å². The molecule has 0 unspecified atom stereocenters. The molecule has 4 rings (SSSR count). The van der Waals surface area contributed by atoms with E-state index in [9.17, 15) is 0 Å². The van der Waals surface area contributed by atoms with Gasteiger partial charge in [0.25, 0.3) is 0 Å². The van der Waals surface area contributed by atoms with Crippen LogP contribution in [0.1, 0.15) is 42.4 Å². The first-order chi connectivity index (χ1) is 16.8. The summed E-state index contributed by atoms with van der Waals surface area (Å²) in [6.45, 7) is 4.11. The Morgan fingerprint density at radius 2 is 1.50 bits per heavy atom. The summed E-state index contributed by atoms with van der Waals surface area (Å²) in [5, 5.41) is 0. The van der Waals surface area contributed by atoms with Gasteiger partial charge in [-0.15, -0.1) is 11.6 Å². The van der Waals surface area contributed by atoms with Crippen LogP contribution < -0.4 is 9.47 Å². The molecule has 0 N–H and O–H groups in total. The number of likely N-dealkylation sites (tertiary alicyclic amines) is 1. The van der Waals surface area contributed by atoms with Crippen LogP contribution in [0.4, 0.5) is 0 Å². The van der Waals surface area contributed by atoms with E-state index in [0.717, 1.165) is 42.2 Å². The molecule has 0 bridgehead atoms. The van der Waals surface area contributed by atoms with E-state index < -0.39 is 0 Å². The number of benzene rings is 3. The lowest BCUT2D eigenvalue weighted by Crippen LogP contribution is -2.33. The number of nitrogens with zero attached hydrogens (tertiary/aromatic N) is 1. The lowest BCUT2D eigenvalue weighted by Gasteiger charge is -2.26. The van der Waals surface area contributed by atoms with Crippen LogP contribution in [0.25, 0.3) is 11.1 Å². The standard InChI is InChI=1S/C30H34ClNO2/c1-33-28-12-8-11-26(23-28)29(17-18-31)30(24-9-4-2-5-10-24)25-13-15-27(16-14-25)34-22-21-32-19-6-3-7-20-32/h2,4-5,8-16,23H,3,6-7,17-22H2,1H3/b30-29-. The van der Waals surface area contributed by atoms with Gasteiger partial charge in [-0.1, -0.05) is 61.0 Å². The zero-order valence-corrected chi connectivity index (χ0v) is 20.8. The van der Waals surface area contributed by atoms with Crippen LogP contribution in [-0.2, 0) is 0 Å². The highest BCUT2D eigenvalue weighted by Crippen LogP contribution is 2.36. The second-order valence-electron chi connectivity index (χ2n) is 8.67.